The normalized spacial score (nSPS) is 15.4. The first-order valence-electron chi connectivity index (χ1n) is 19.6. The Bertz CT molecular complexity index is 2290. The van der Waals surface area contributed by atoms with E-state index in [4.69, 9.17) is 0 Å². The zero-order chi connectivity index (χ0) is 36.0. The van der Waals surface area contributed by atoms with Gasteiger partial charge in [0, 0.05) is 0 Å². The van der Waals surface area contributed by atoms with Crippen LogP contribution in [0.4, 0.5) is 0 Å². The third-order valence-electron chi connectivity index (χ3n) is 11.4. The molecule has 260 valence electrons. The summed E-state index contributed by atoms with van der Waals surface area (Å²) in [7, 11) is 0. The number of rotatable bonds is 8. The molecule has 1 fully saturated rings. The highest BCUT2D eigenvalue weighted by Crippen LogP contribution is 2.47. The van der Waals surface area contributed by atoms with Gasteiger partial charge in [-0.15, -0.1) is 0 Å². The van der Waals surface area contributed by atoms with Crippen molar-refractivity contribution in [1.82, 2.24) is 0 Å². The van der Waals surface area contributed by atoms with E-state index in [0.29, 0.717) is 5.92 Å². The first kappa shape index (κ1) is 35.2. The first-order chi connectivity index (χ1) is 25.7. The zero-order valence-electron chi connectivity index (χ0n) is 31.4. The maximum Gasteiger partial charge on any atom is -0.00201 e. The molecule has 0 atom stereocenters. The molecule has 0 spiro atoms. The molecule has 2 aliphatic rings. The lowest BCUT2D eigenvalue weighted by Gasteiger charge is -2.25. The highest BCUT2D eigenvalue weighted by molar-refractivity contribution is 6.23. The minimum absolute atomic E-state index is 0.660. The second-order valence-electron chi connectivity index (χ2n) is 14.3. The van der Waals surface area contributed by atoms with E-state index in [9.17, 15) is 0 Å². The fourth-order valence-electron chi connectivity index (χ4n) is 9.00. The van der Waals surface area contributed by atoms with Gasteiger partial charge >= 0.3 is 0 Å². The van der Waals surface area contributed by atoms with Crippen LogP contribution in [0.3, 0.4) is 0 Å². The second-order valence-corrected chi connectivity index (χ2v) is 14.3. The molecule has 0 aromatic heterocycles. The molecule has 0 bridgehead atoms. The lowest BCUT2D eigenvalue weighted by Crippen LogP contribution is -2.05. The molecule has 52 heavy (non-hydrogen) atoms. The highest BCUT2D eigenvalue weighted by atomic mass is 14.3. The van der Waals surface area contributed by atoms with Crippen molar-refractivity contribution in [3.63, 3.8) is 0 Å². The Balaban J connectivity index is 0.00000207. The van der Waals surface area contributed by atoms with Crippen molar-refractivity contribution >= 4 is 37.9 Å². The summed E-state index contributed by atoms with van der Waals surface area (Å²) in [5, 5.41) is 7.98. The summed E-state index contributed by atoms with van der Waals surface area (Å²) in [6, 6.07) is 41.4. The summed E-state index contributed by atoms with van der Waals surface area (Å²) < 4.78 is 0. The molecule has 0 nitrogen and oxygen atoms in total. The predicted octanol–water partition coefficient (Wildman–Crippen LogP) is 15.7. The average molecular weight is 677 g/mol. The van der Waals surface area contributed by atoms with Crippen molar-refractivity contribution in [2.45, 2.75) is 78.1 Å². The summed E-state index contributed by atoms with van der Waals surface area (Å²) in [5.41, 5.74) is 13.4. The van der Waals surface area contributed by atoms with Crippen molar-refractivity contribution in [2.24, 2.45) is 0 Å². The fourth-order valence-corrected chi connectivity index (χ4v) is 9.00. The highest BCUT2D eigenvalue weighted by Gasteiger charge is 2.22. The summed E-state index contributed by atoms with van der Waals surface area (Å²) in [5.74, 6) is 0.660. The van der Waals surface area contributed by atoms with Gasteiger partial charge < -0.3 is 0 Å². The van der Waals surface area contributed by atoms with E-state index >= 15 is 0 Å². The molecule has 0 heterocycles. The van der Waals surface area contributed by atoms with Crippen LogP contribution < -0.4 is 0 Å². The van der Waals surface area contributed by atoms with E-state index in [1.165, 1.54) is 120 Å². The molecular formula is C52H52. The van der Waals surface area contributed by atoms with Crippen LogP contribution in [0.1, 0.15) is 89.2 Å². The van der Waals surface area contributed by atoms with Crippen LogP contribution in [0.25, 0.3) is 60.1 Å². The topological polar surface area (TPSA) is 0 Å². The smallest absolute Gasteiger partial charge is 0.00201 e. The van der Waals surface area contributed by atoms with Crippen molar-refractivity contribution in [1.29, 1.82) is 0 Å². The van der Waals surface area contributed by atoms with Gasteiger partial charge in [0.1, 0.15) is 0 Å². The Kier molecular flexibility index (Phi) is 10.8. The maximum atomic E-state index is 4.13. The molecule has 0 aliphatic heterocycles. The lowest BCUT2D eigenvalue weighted by molar-refractivity contribution is 0.445. The van der Waals surface area contributed by atoms with Crippen molar-refractivity contribution in [3.8, 4) is 22.3 Å². The summed E-state index contributed by atoms with van der Waals surface area (Å²) in [4.78, 5) is 0. The predicted molar refractivity (Wildman–Crippen MR) is 230 cm³/mol. The van der Waals surface area contributed by atoms with E-state index in [1.54, 1.807) is 0 Å². The van der Waals surface area contributed by atoms with Crippen molar-refractivity contribution in [2.75, 3.05) is 0 Å². The largest absolute Gasteiger partial charge is 0.0991 e. The van der Waals surface area contributed by atoms with Crippen LogP contribution >= 0.6 is 0 Å². The van der Waals surface area contributed by atoms with Gasteiger partial charge in [0.25, 0.3) is 0 Å². The maximum absolute atomic E-state index is 4.13. The molecule has 2 aliphatic carbocycles. The molecule has 6 aromatic rings. The summed E-state index contributed by atoms with van der Waals surface area (Å²) in [6.07, 6.45) is 18.2. The van der Waals surface area contributed by atoms with Crippen molar-refractivity contribution < 1.29 is 0 Å². The number of fused-ring (bicyclic) bond motifs is 3. The van der Waals surface area contributed by atoms with Crippen LogP contribution in [0, 0.1) is 0 Å². The fraction of sp³-hybridized carbons (Fsp3) is 0.231. The minimum Gasteiger partial charge on any atom is -0.0991 e. The van der Waals surface area contributed by atoms with Crippen LogP contribution in [-0.4, -0.2) is 0 Å². The van der Waals surface area contributed by atoms with Gasteiger partial charge in [-0.1, -0.05) is 185 Å². The van der Waals surface area contributed by atoms with Crippen LogP contribution in [0.2, 0.25) is 0 Å². The number of hydrogen-bond donors (Lipinski definition) is 0. The molecule has 0 unspecified atom stereocenters. The second kappa shape index (κ2) is 16.0. The number of hydrogen-bond acceptors (Lipinski definition) is 0. The molecule has 8 rings (SSSR count). The Morgan fingerprint density at radius 2 is 1.23 bits per heavy atom. The molecule has 0 saturated heterocycles. The molecular weight excluding hydrogens is 625 g/mol. The van der Waals surface area contributed by atoms with E-state index in [2.05, 4.69) is 141 Å². The van der Waals surface area contributed by atoms with Crippen molar-refractivity contribution in [3.05, 3.63) is 175 Å². The zero-order valence-corrected chi connectivity index (χ0v) is 31.4. The molecule has 0 heteroatoms. The molecule has 0 N–H and O–H groups in total. The van der Waals surface area contributed by atoms with Gasteiger partial charge in [0.15, 0.2) is 0 Å². The van der Waals surface area contributed by atoms with Gasteiger partial charge in [-0.25, -0.2) is 0 Å². The quantitative estimate of drug-likeness (QED) is 0.111. The monoisotopic (exact) mass is 676 g/mol. The molecule has 6 aromatic carbocycles. The lowest BCUT2D eigenvalue weighted by atomic mass is 9.79. The molecule has 1 saturated carbocycles. The third-order valence-corrected chi connectivity index (χ3v) is 11.4. The number of benzene rings is 6. The third kappa shape index (κ3) is 6.64. The Morgan fingerprint density at radius 1 is 0.654 bits per heavy atom. The SMILES string of the molecule is C=C/C=C(\CC1=C(C=C)C(C)=CCC1)c1ccc(-c2c3ccccc3c(-c3ccc(C4CCCCC4)c4ccccc34)c3ccccc23)cc1.CC. The van der Waals surface area contributed by atoms with Gasteiger partial charge in [-0.2, -0.15) is 0 Å². The van der Waals surface area contributed by atoms with Crippen LogP contribution in [0.15, 0.2) is 163 Å². The van der Waals surface area contributed by atoms with E-state index in [-0.39, 0.29) is 0 Å². The Morgan fingerprint density at radius 3 is 1.83 bits per heavy atom. The van der Waals surface area contributed by atoms with E-state index in [1.807, 2.05) is 26.0 Å². The Hall–Kier alpha value is -5.20. The van der Waals surface area contributed by atoms with Gasteiger partial charge in [0.05, 0.1) is 0 Å². The van der Waals surface area contributed by atoms with Crippen LogP contribution in [-0.2, 0) is 0 Å². The standard InChI is InChI=1S/C50H46.C2H6/c1-4-16-38(33-39-20-15-17-34(3)40(39)5-2)35-27-29-37(30-28-35)49-44-23-11-13-25-46(44)50(47-26-14-12-24-45(47)49)48-32-31-41(36-18-7-6-8-19-36)42-21-9-10-22-43(42)48;1-2/h4-5,9-14,16-17,21-32,36H,1-2,6-8,15,18-20,33H2,3H3;1-2H3/b38-16+;. The van der Waals surface area contributed by atoms with E-state index in [0.717, 1.165) is 19.3 Å². The molecule has 0 radical (unpaired) electrons. The molecule has 0 amide bonds. The summed E-state index contributed by atoms with van der Waals surface area (Å²) >= 11 is 0. The summed E-state index contributed by atoms with van der Waals surface area (Å²) in [6.45, 7) is 14.4. The number of allylic oxidation sites excluding steroid dienone is 8. The Labute approximate surface area is 311 Å². The average Bonchev–Trinajstić information content (AvgIpc) is 3.21. The van der Waals surface area contributed by atoms with Crippen LogP contribution in [0.5, 0.6) is 0 Å². The first-order valence-corrected chi connectivity index (χ1v) is 19.6. The van der Waals surface area contributed by atoms with Gasteiger partial charge in [-0.3, -0.25) is 0 Å². The van der Waals surface area contributed by atoms with Gasteiger partial charge in [0.2, 0.25) is 0 Å². The minimum atomic E-state index is 0.660. The van der Waals surface area contributed by atoms with E-state index < -0.39 is 0 Å². The van der Waals surface area contributed by atoms with Gasteiger partial charge in [-0.05, 0) is 127 Å².